The first-order valence-electron chi connectivity index (χ1n) is 7.03. The second kappa shape index (κ2) is 5.79. The molecule has 0 radical (unpaired) electrons. The third kappa shape index (κ3) is 2.67. The minimum absolute atomic E-state index is 0.401. The lowest BCUT2D eigenvalue weighted by Crippen LogP contribution is -2.06. The number of hydrogen-bond acceptors (Lipinski definition) is 3. The van der Waals surface area contributed by atoms with Gasteiger partial charge in [-0.2, -0.15) is 10.4 Å². The van der Waals surface area contributed by atoms with Crippen molar-refractivity contribution in [3.8, 4) is 11.8 Å². The van der Waals surface area contributed by atoms with Gasteiger partial charge in [-0.25, -0.2) is 0 Å². The quantitative estimate of drug-likeness (QED) is 0.852. The fourth-order valence-corrected chi connectivity index (χ4v) is 2.66. The summed E-state index contributed by atoms with van der Waals surface area (Å²) in [6, 6.07) is 11.9. The summed E-state index contributed by atoms with van der Waals surface area (Å²) >= 11 is 0. The molecule has 0 amide bonds. The highest BCUT2D eigenvalue weighted by atomic mass is 16.5. The van der Waals surface area contributed by atoms with Crippen LogP contribution in [0.2, 0.25) is 0 Å². The fourth-order valence-electron chi connectivity index (χ4n) is 2.66. The van der Waals surface area contributed by atoms with E-state index < -0.39 is 0 Å². The zero-order valence-electron chi connectivity index (χ0n) is 11.3. The van der Waals surface area contributed by atoms with E-state index in [0.29, 0.717) is 24.0 Å². The minimum Gasteiger partial charge on any atom is -0.486 e. The number of para-hydroxylation sites is 1. The summed E-state index contributed by atoms with van der Waals surface area (Å²) in [5.74, 6) is 0.616. The molecule has 2 aromatic rings. The second-order valence-corrected chi connectivity index (χ2v) is 5.12. The Morgan fingerprint density at radius 3 is 2.85 bits per heavy atom. The molecule has 0 aliphatic heterocycles. The van der Waals surface area contributed by atoms with Crippen LogP contribution in [0.3, 0.4) is 0 Å². The van der Waals surface area contributed by atoms with Crippen LogP contribution in [0, 0.1) is 11.3 Å². The smallest absolute Gasteiger partial charge is 0.137 e. The Labute approximate surface area is 118 Å². The molecule has 0 bridgehead atoms. The second-order valence-electron chi connectivity index (χ2n) is 5.12. The molecule has 1 aromatic carbocycles. The van der Waals surface area contributed by atoms with Crippen molar-refractivity contribution in [1.29, 1.82) is 5.26 Å². The van der Waals surface area contributed by atoms with Gasteiger partial charge in [0.05, 0.1) is 17.3 Å². The van der Waals surface area contributed by atoms with Crippen molar-refractivity contribution >= 4 is 0 Å². The molecular weight excluding hydrogens is 250 g/mol. The minimum atomic E-state index is 0.401. The van der Waals surface area contributed by atoms with Gasteiger partial charge < -0.3 is 4.74 Å². The van der Waals surface area contributed by atoms with Gasteiger partial charge in [0.25, 0.3) is 0 Å². The number of benzene rings is 1. The van der Waals surface area contributed by atoms with Gasteiger partial charge in [0.15, 0.2) is 0 Å². The molecule has 0 spiro atoms. The molecule has 0 saturated heterocycles. The Kier molecular flexibility index (Phi) is 3.69. The van der Waals surface area contributed by atoms with Gasteiger partial charge in [0, 0.05) is 6.20 Å². The van der Waals surface area contributed by atoms with Gasteiger partial charge in [0.1, 0.15) is 18.4 Å². The summed E-state index contributed by atoms with van der Waals surface area (Å²) in [6.07, 6.45) is 7.07. The molecule has 20 heavy (non-hydrogen) atoms. The van der Waals surface area contributed by atoms with E-state index in [0.717, 1.165) is 5.69 Å². The van der Waals surface area contributed by atoms with Crippen LogP contribution in [0.1, 0.15) is 43.0 Å². The van der Waals surface area contributed by atoms with Crippen molar-refractivity contribution in [2.75, 3.05) is 0 Å². The molecule has 1 aliphatic carbocycles. The monoisotopic (exact) mass is 267 g/mol. The van der Waals surface area contributed by atoms with Crippen molar-refractivity contribution in [2.24, 2.45) is 0 Å². The number of nitriles is 1. The predicted molar refractivity (Wildman–Crippen MR) is 75.2 cm³/mol. The SMILES string of the molecule is N#Cc1ccccc1OCc1ccn(C2CCCC2)n1. The lowest BCUT2D eigenvalue weighted by molar-refractivity contribution is 0.297. The summed E-state index contributed by atoms with van der Waals surface area (Å²) in [7, 11) is 0. The molecule has 0 N–H and O–H groups in total. The molecular formula is C16H17N3O. The van der Waals surface area contributed by atoms with Crippen LogP contribution >= 0.6 is 0 Å². The van der Waals surface area contributed by atoms with Crippen LogP contribution in [0.5, 0.6) is 5.75 Å². The standard InChI is InChI=1S/C16H17N3O/c17-11-13-5-1-4-8-16(13)20-12-14-9-10-19(18-14)15-6-2-3-7-15/h1,4-5,8-10,15H,2-3,6-7,12H2. The fraction of sp³-hybridized carbons (Fsp3) is 0.375. The molecule has 0 unspecified atom stereocenters. The van der Waals surface area contributed by atoms with E-state index in [4.69, 9.17) is 10.00 Å². The number of nitrogens with zero attached hydrogens (tertiary/aromatic N) is 3. The largest absolute Gasteiger partial charge is 0.486 e. The van der Waals surface area contributed by atoms with E-state index >= 15 is 0 Å². The Morgan fingerprint density at radius 2 is 2.05 bits per heavy atom. The molecule has 102 valence electrons. The van der Waals surface area contributed by atoms with E-state index in [9.17, 15) is 0 Å². The summed E-state index contributed by atoms with van der Waals surface area (Å²) in [6.45, 7) is 0.401. The Balaban J connectivity index is 1.65. The summed E-state index contributed by atoms with van der Waals surface area (Å²) in [5.41, 5.74) is 1.47. The third-order valence-electron chi connectivity index (χ3n) is 3.75. The van der Waals surface area contributed by atoms with E-state index in [1.54, 1.807) is 6.07 Å². The molecule has 1 fully saturated rings. The zero-order chi connectivity index (χ0) is 13.8. The van der Waals surface area contributed by atoms with E-state index in [2.05, 4.69) is 15.8 Å². The van der Waals surface area contributed by atoms with Crippen LogP contribution in [-0.2, 0) is 6.61 Å². The van der Waals surface area contributed by atoms with Crippen molar-refractivity contribution in [3.63, 3.8) is 0 Å². The topological polar surface area (TPSA) is 50.8 Å². The van der Waals surface area contributed by atoms with Gasteiger partial charge in [-0.3, -0.25) is 4.68 Å². The van der Waals surface area contributed by atoms with Gasteiger partial charge in [-0.1, -0.05) is 25.0 Å². The van der Waals surface area contributed by atoms with Crippen LogP contribution < -0.4 is 4.74 Å². The average Bonchev–Trinajstić information content (AvgIpc) is 3.16. The highest BCUT2D eigenvalue weighted by molar-refractivity contribution is 5.42. The van der Waals surface area contributed by atoms with Crippen molar-refractivity contribution in [1.82, 2.24) is 9.78 Å². The third-order valence-corrected chi connectivity index (χ3v) is 3.75. The lowest BCUT2D eigenvalue weighted by Gasteiger charge is -2.09. The van der Waals surface area contributed by atoms with Gasteiger partial charge in [0.2, 0.25) is 0 Å². The molecule has 0 atom stereocenters. The first-order valence-corrected chi connectivity index (χ1v) is 7.03. The first kappa shape index (κ1) is 12.7. The molecule has 1 aliphatic rings. The number of aromatic nitrogens is 2. The average molecular weight is 267 g/mol. The Hall–Kier alpha value is -2.28. The van der Waals surface area contributed by atoms with Crippen LogP contribution in [0.15, 0.2) is 36.5 Å². The molecule has 1 heterocycles. The van der Waals surface area contributed by atoms with Crippen molar-refractivity contribution in [3.05, 3.63) is 47.8 Å². The van der Waals surface area contributed by atoms with E-state index in [-0.39, 0.29) is 0 Å². The van der Waals surface area contributed by atoms with Gasteiger partial charge >= 0.3 is 0 Å². The van der Waals surface area contributed by atoms with Crippen molar-refractivity contribution < 1.29 is 4.74 Å². The molecule has 3 rings (SSSR count). The summed E-state index contributed by atoms with van der Waals surface area (Å²) in [4.78, 5) is 0. The highest BCUT2D eigenvalue weighted by Crippen LogP contribution is 2.28. The Bertz CT molecular complexity index is 621. The molecule has 4 heteroatoms. The number of ether oxygens (including phenoxy) is 1. The maximum Gasteiger partial charge on any atom is 0.137 e. The van der Waals surface area contributed by atoms with E-state index in [1.807, 2.05) is 30.5 Å². The van der Waals surface area contributed by atoms with Gasteiger partial charge in [-0.15, -0.1) is 0 Å². The number of hydrogen-bond donors (Lipinski definition) is 0. The first-order chi connectivity index (χ1) is 9.86. The van der Waals surface area contributed by atoms with Crippen LogP contribution in [0.25, 0.3) is 0 Å². The van der Waals surface area contributed by atoms with Crippen LogP contribution in [-0.4, -0.2) is 9.78 Å². The summed E-state index contributed by atoms with van der Waals surface area (Å²) in [5, 5.41) is 13.6. The maximum absolute atomic E-state index is 9.01. The molecule has 4 nitrogen and oxygen atoms in total. The molecule has 1 saturated carbocycles. The summed E-state index contributed by atoms with van der Waals surface area (Å²) < 4.78 is 7.75. The van der Waals surface area contributed by atoms with E-state index in [1.165, 1.54) is 25.7 Å². The normalized spacial score (nSPS) is 15.2. The maximum atomic E-state index is 9.01. The highest BCUT2D eigenvalue weighted by Gasteiger charge is 2.17. The zero-order valence-corrected chi connectivity index (χ0v) is 11.3. The van der Waals surface area contributed by atoms with Crippen LogP contribution in [0.4, 0.5) is 0 Å². The molecule has 1 aromatic heterocycles. The number of rotatable bonds is 4. The Morgan fingerprint density at radius 1 is 1.25 bits per heavy atom. The predicted octanol–water partition coefficient (Wildman–Crippen LogP) is 3.45. The van der Waals surface area contributed by atoms with Gasteiger partial charge in [-0.05, 0) is 31.0 Å². The van der Waals surface area contributed by atoms with Crippen molar-refractivity contribution in [2.45, 2.75) is 38.3 Å². The lowest BCUT2D eigenvalue weighted by atomic mass is 10.2.